The van der Waals surface area contributed by atoms with E-state index in [1.165, 1.54) is 0 Å². The number of carbonyl (C=O) groups is 4. The van der Waals surface area contributed by atoms with E-state index >= 15 is 0 Å². The molecule has 14 heteroatoms. The first-order chi connectivity index (χ1) is 16.2. The van der Waals surface area contributed by atoms with Crippen LogP contribution in [0.1, 0.15) is 12.8 Å². The van der Waals surface area contributed by atoms with Crippen molar-refractivity contribution in [3.63, 3.8) is 0 Å². The minimum absolute atomic E-state index is 0.0915. The number of hydrogen-bond donors (Lipinski definition) is 6. The van der Waals surface area contributed by atoms with Gasteiger partial charge in [0, 0.05) is 51.4 Å². The molecule has 1 aliphatic heterocycles. The number of carboxylic acids is 4. The predicted molar refractivity (Wildman–Crippen MR) is 118 cm³/mol. The first-order valence-corrected chi connectivity index (χ1v) is 11.1. The Morgan fingerprint density at radius 1 is 0.647 bits per heavy atom. The van der Waals surface area contributed by atoms with Crippen molar-refractivity contribution in [2.75, 3.05) is 78.8 Å². The third-order valence-electron chi connectivity index (χ3n) is 5.02. The van der Waals surface area contributed by atoms with Crippen molar-refractivity contribution in [3.8, 4) is 0 Å². The maximum Gasteiger partial charge on any atom is 0.317 e. The van der Waals surface area contributed by atoms with Crippen LogP contribution in [0.25, 0.3) is 0 Å². The fraction of sp³-hybridized carbons (Fsp3) is 0.800. The molecule has 2 unspecified atom stereocenters. The van der Waals surface area contributed by atoms with E-state index in [-0.39, 0.29) is 52.4 Å². The molecule has 0 aliphatic carbocycles. The highest BCUT2D eigenvalue weighted by molar-refractivity contribution is 5.69. The van der Waals surface area contributed by atoms with Crippen LogP contribution in [-0.2, 0) is 28.7 Å². The number of rotatable bonds is 8. The van der Waals surface area contributed by atoms with Gasteiger partial charge in [-0.3, -0.25) is 29.0 Å². The zero-order chi connectivity index (χ0) is 25.3. The molecule has 0 amide bonds. The van der Waals surface area contributed by atoms with Gasteiger partial charge < -0.3 is 40.5 Å². The molecule has 196 valence electrons. The lowest BCUT2D eigenvalue weighted by Crippen LogP contribution is -2.45. The van der Waals surface area contributed by atoms with Crippen LogP contribution in [0.15, 0.2) is 0 Å². The van der Waals surface area contributed by atoms with Crippen molar-refractivity contribution in [3.05, 3.63) is 0 Å². The van der Waals surface area contributed by atoms with Gasteiger partial charge in [-0.1, -0.05) is 0 Å². The monoisotopic (exact) mass is 492 g/mol. The van der Waals surface area contributed by atoms with Gasteiger partial charge in [-0.25, -0.2) is 0 Å². The van der Waals surface area contributed by atoms with E-state index in [1.807, 2.05) is 0 Å². The molecule has 1 heterocycles. The average Bonchev–Trinajstić information content (AvgIpc) is 2.71. The van der Waals surface area contributed by atoms with Gasteiger partial charge in [-0.15, -0.1) is 0 Å². The van der Waals surface area contributed by atoms with Crippen molar-refractivity contribution < 1.29 is 49.1 Å². The molecule has 6 N–H and O–H groups in total. The van der Waals surface area contributed by atoms with E-state index in [0.717, 1.165) is 0 Å². The van der Waals surface area contributed by atoms with Crippen LogP contribution >= 0.6 is 0 Å². The SMILES string of the molecule is O=C(O)CC1COCCN(CC(=O)O)CCNC(CC(=O)O)COCCN(CC(=O)O)CCN1. The van der Waals surface area contributed by atoms with Gasteiger partial charge in [-0.2, -0.15) is 0 Å². The molecule has 1 saturated heterocycles. The van der Waals surface area contributed by atoms with Gasteiger partial charge in [0.15, 0.2) is 0 Å². The van der Waals surface area contributed by atoms with E-state index < -0.39 is 36.0 Å². The summed E-state index contributed by atoms with van der Waals surface area (Å²) in [5.74, 6) is -4.03. The zero-order valence-electron chi connectivity index (χ0n) is 19.2. The molecule has 0 saturated carbocycles. The van der Waals surface area contributed by atoms with Gasteiger partial charge >= 0.3 is 23.9 Å². The van der Waals surface area contributed by atoms with Crippen LogP contribution in [0.4, 0.5) is 0 Å². The van der Waals surface area contributed by atoms with Crippen LogP contribution in [0.5, 0.6) is 0 Å². The number of nitrogens with zero attached hydrogens (tertiary/aromatic N) is 2. The topological polar surface area (TPSA) is 198 Å². The maximum atomic E-state index is 11.2. The molecule has 1 rings (SSSR count). The number of ether oxygens (including phenoxy) is 2. The summed E-state index contributed by atoms with van der Waals surface area (Å²) in [5, 5.41) is 42.7. The lowest BCUT2D eigenvalue weighted by molar-refractivity contribution is -0.140. The molecule has 0 radical (unpaired) electrons. The lowest BCUT2D eigenvalue weighted by Gasteiger charge is -2.25. The van der Waals surface area contributed by atoms with Gasteiger partial charge in [0.25, 0.3) is 0 Å². The van der Waals surface area contributed by atoms with Crippen LogP contribution in [-0.4, -0.2) is 145 Å². The summed E-state index contributed by atoms with van der Waals surface area (Å²) < 4.78 is 11.2. The molecular formula is C20H36N4O10. The Balaban J connectivity index is 2.82. The summed E-state index contributed by atoms with van der Waals surface area (Å²) in [5.41, 5.74) is 0. The summed E-state index contributed by atoms with van der Waals surface area (Å²) in [7, 11) is 0. The molecule has 0 bridgehead atoms. The van der Waals surface area contributed by atoms with E-state index in [0.29, 0.717) is 39.3 Å². The van der Waals surface area contributed by atoms with E-state index in [1.54, 1.807) is 9.80 Å². The Hall–Kier alpha value is -2.36. The van der Waals surface area contributed by atoms with E-state index in [2.05, 4.69) is 10.6 Å². The summed E-state index contributed by atoms with van der Waals surface area (Å²) in [6.07, 6.45) is -0.370. The van der Waals surface area contributed by atoms with Crippen molar-refractivity contribution in [1.29, 1.82) is 0 Å². The maximum absolute atomic E-state index is 11.2. The molecule has 14 nitrogen and oxygen atoms in total. The Kier molecular flexibility index (Phi) is 14.9. The van der Waals surface area contributed by atoms with Crippen LogP contribution in [0.3, 0.4) is 0 Å². The van der Waals surface area contributed by atoms with Crippen molar-refractivity contribution in [2.24, 2.45) is 0 Å². The number of hydrogen-bond acceptors (Lipinski definition) is 10. The number of nitrogens with one attached hydrogen (secondary N) is 2. The first-order valence-electron chi connectivity index (χ1n) is 11.1. The third-order valence-corrected chi connectivity index (χ3v) is 5.02. The standard InChI is InChI=1S/C20H36N4O10/c25-17(26)9-15-13-33-8-6-24(12-20(31)32)4-2-22-16(10-18(27)28)14-34-7-5-23(3-1-21-15)11-19(29)30/h15-16,21-22H,1-14H2,(H,25,26)(H,27,28)(H,29,30)(H,31,32). The normalized spacial score (nSPS) is 23.4. The van der Waals surface area contributed by atoms with Gasteiger partial charge in [0.1, 0.15) is 0 Å². The second-order valence-electron chi connectivity index (χ2n) is 7.99. The molecule has 0 aromatic heterocycles. The molecule has 34 heavy (non-hydrogen) atoms. The smallest absolute Gasteiger partial charge is 0.317 e. The molecule has 0 aromatic rings. The average molecular weight is 493 g/mol. The molecule has 0 aromatic carbocycles. The number of aliphatic carboxylic acids is 4. The predicted octanol–water partition coefficient (Wildman–Crippen LogP) is -2.33. The highest BCUT2D eigenvalue weighted by atomic mass is 16.5. The van der Waals surface area contributed by atoms with Gasteiger partial charge in [0.2, 0.25) is 0 Å². The summed E-state index contributed by atoms with van der Waals surface area (Å²) in [6.45, 7) is 1.98. The molecule has 1 fully saturated rings. The fourth-order valence-electron chi connectivity index (χ4n) is 3.42. The van der Waals surface area contributed by atoms with Crippen LogP contribution in [0.2, 0.25) is 0 Å². The highest BCUT2D eigenvalue weighted by Crippen LogP contribution is 1.99. The zero-order valence-corrected chi connectivity index (χ0v) is 19.2. The first kappa shape index (κ1) is 29.7. The third kappa shape index (κ3) is 15.5. The Morgan fingerprint density at radius 3 is 1.35 bits per heavy atom. The quantitative estimate of drug-likeness (QED) is 0.211. The van der Waals surface area contributed by atoms with Gasteiger partial charge in [0.05, 0.1) is 52.4 Å². The summed E-state index contributed by atoms with van der Waals surface area (Å²) >= 11 is 0. The highest BCUT2D eigenvalue weighted by Gasteiger charge is 2.18. The van der Waals surface area contributed by atoms with Crippen LogP contribution in [0, 0.1) is 0 Å². The largest absolute Gasteiger partial charge is 0.481 e. The lowest BCUT2D eigenvalue weighted by atomic mass is 10.2. The Morgan fingerprint density at radius 2 is 1.03 bits per heavy atom. The fourth-order valence-corrected chi connectivity index (χ4v) is 3.42. The minimum Gasteiger partial charge on any atom is -0.481 e. The van der Waals surface area contributed by atoms with E-state index in [9.17, 15) is 19.2 Å². The molecule has 2 atom stereocenters. The second-order valence-corrected chi connectivity index (χ2v) is 7.99. The molecular weight excluding hydrogens is 456 g/mol. The summed E-state index contributed by atoms with van der Waals surface area (Å²) in [4.78, 5) is 47.9. The Labute approximate surface area is 197 Å². The van der Waals surface area contributed by atoms with Crippen LogP contribution < -0.4 is 10.6 Å². The van der Waals surface area contributed by atoms with Crippen molar-refractivity contribution in [2.45, 2.75) is 24.9 Å². The second kappa shape index (κ2) is 17.1. The van der Waals surface area contributed by atoms with Crippen molar-refractivity contribution in [1.82, 2.24) is 20.4 Å². The number of carboxylic acid groups (broad SMARTS) is 4. The van der Waals surface area contributed by atoms with Crippen molar-refractivity contribution >= 4 is 23.9 Å². The molecule has 0 spiro atoms. The molecule has 1 aliphatic rings. The Bertz CT molecular complexity index is 545. The minimum atomic E-state index is -1.01. The van der Waals surface area contributed by atoms with Gasteiger partial charge in [-0.05, 0) is 0 Å². The van der Waals surface area contributed by atoms with E-state index in [4.69, 9.17) is 29.9 Å². The summed E-state index contributed by atoms with van der Waals surface area (Å²) in [6, 6.07) is -0.989.